The topological polar surface area (TPSA) is 74.2 Å². The summed E-state index contributed by atoms with van der Waals surface area (Å²) in [5.74, 6) is 0.583. The molecule has 0 spiro atoms. The molecule has 0 aliphatic carbocycles. The first-order valence-electron chi connectivity index (χ1n) is 9.34. The number of hydrogen-bond donors (Lipinski definition) is 1. The van der Waals surface area contributed by atoms with Crippen molar-refractivity contribution in [3.8, 4) is 0 Å². The molecular formula is C21H22N6O. The van der Waals surface area contributed by atoms with Gasteiger partial charge in [-0.15, -0.1) is 0 Å². The van der Waals surface area contributed by atoms with Gasteiger partial charge in [-0.05, 0) is 29.8 Å². The molecule has 0 bridgehead atoms. The van der Waals surface area contributed by atoms with E-state index < -0.39 is 0 Å². The maximum atomic E-state index is 12.9. The maximum absolute atomic E-state index is 12.9. The molecule has 0 radical (unpaired) electrons. The lowest BCUT2D eigenvalue weighted by molar-refractivity contribution is 0.0740. The SMILES string of the molecule is O=C(c1cc(NCc2ccncc2)ncn1)N1CCN(c2ccccc2)CC1. The summed E-state index contributed by atoms with van der Waals surface area (Å²) >= 11 is 0. The van der Waals surface area contributed by atoms with E-state index in [2.05, 4.69) is 37.3 Å². The predicted octanol–water partition coefficient (Wildman–Crippen LogP) is 2.45. The zero-order valence-corrected chi connectivity index (χ0v) is 15.5. The first-order valence-corrected chi connectivity index (χ1v) is 9.34. The second-order valence-corrected chi connectivity index (χ2v) is 6.61. The Labute approximate surface area is 164 Å². The second-order valence-electron chi connectivity index (χ2n) is 6.61. The highest BCUT2D eigenvalue weighted by molar-refractivity contribution is 5.93. The van der Waals surface area contributed by atoms with Crippen molar-refractivity contribution in [1.82, 2.24) is 19.9 Å². The molecule has 2 aromatic heterocycles. The fourth-order valence-electron chi connectivity index (χ4n) is 3.23. The Kier molecular flexibility index (Phi) is 5.42. The molecule has 0 atom stereocenters. The van der Waals surface area contributed by atoms with E-state index >= 15 is 0 Å². The number of hydrogen-bond acceptors (Lipinski definition) is 6. The van der Waals surface area contributed by atoms with Crippen LogP contribution >= 0.6 is 0 Å². The quantitative estimate of drug-likeness (QED) is 0.739. The summed E-state index contributed by atoms with van der Waals surface area (Å²) in [6.07, 6.45) is 4.93. The van der Waals surface area contributed by atoms with Crippen LogP contribution < -0.4 is 10.2 Å². The fourth-order valence-corrected chi connectivity index (χ4v) is 3.23. The van der Waals surface area contributed by atoms with E-state index in [1.54, 1.807) is 18.5 Å². The summed E-state index contributed by atoms with van der Waals surface area (Å²) < 4.78 is 0. The number of nitrogens with zero attached hydrogens (tertiary/aromatic N) is 5. The highest BCUT2D eigenvalue weighted by Crippen LogP contribution is 2.17. The molecule has 28 heavy (non-hydrogen) atoms. The minimum absolute atomic E-state index is 0.0536. The van der Waals surface area contributed by atoms with Gasteiger partial charge in [-0.3, -0.25) is 9.78 Å². The van der Waals surface area contributed by atoms with Gasteiger partial charge >= 0.3 is 0 Å². The monoisotopic (exact) mass is 374 g/mol. The molecule has 0 unspecified atom stereocenters. The van der Waals surface area contributed by atoms with Crippen molar-refractivity contribution in [2.45, 2.75) is 6.54 Å². The molecule has 0 saturated carbocycles. The number of benzene rings is 1. The van der Waals surface area contributed by atoms with Crippen molar-refractivity contribution < 1.29 is 4.79 Å². The molecule has 7 nitrogen and oxygen atoms in total. The molecule has 1 aromatic carbocycles. The number of carbonyl (C=O) groups excluding carboxylic acids is 1. The third kappa shape index (κ3) is 4.25. The van der Waals surface area contributed by atoms with E-state index in [-0.39, 0.29) is 5.91 Å². The van der Waals surface area contributed by atoms with Gasteiger partial charge in [0.2, 0.25) is 0 Å². The number of para-hydroxylation sites is 1. The number of pyridine rings is 1. The Morgan fingerprint density at radius 2 is 1.71 bits per heavy atom. The van der Waals surface area contributed by atoms with E-state index in [4.69, 9.17) is 0 Å². The Balaban J connectivity index is 1.36. The van der Waals surface area contributed by atoms with Crippen LogP contribution in [0.25, 0.3) is 0 Å². The lowest BCUT2D eigenvalue weighted by Gasteiger charge is -2.36. The normalized spacial score (nSPS) is 14.0. The molecule has 3 heterocycles. The number of anilines is 2. The van der Waals surface area contributed by atoms with Crippen molar-refractivity contribution in [3.63, 3.8) is 0 Å². The second kappa shape index (κ2) is 8.47. The van der Waals surface area contributed by atoms with E-state index in [1.807, 2.05) is 35.2 Å². The number of rotatable bonds is 5. The van der Waals surface area contributed by atoms with Crippen LogP contribution in [0.5, 0.6) is 0 Å². The number of nitrogens with one attached hydrogen (secondary N) is 1. The third-order valence-corrected chi connectivity index (χ3v) is 4.80. The molecule has 3 aromatic rings. The summed E-state index contributed by atoms with van der Waals surface area (Å²) in [6, 6.07) is 15.9. The third-order valence-electron chi connectivity index (χ3n) is 4.80. The Hall–Kier alpha value is -3.48. The standard InChI is InChI=1S/C21H22N6O/c28-21(27-12-10-26(11-13-27)18-4-2-1-3-5-18)19-14-20(25-16-24-19)23-15-17-6-8-22-9-7-17/h1-9,14,16H,10-13,15H2,(H,23,24,25). The van der Waals surface area contributed by atoms with Crippen LogP contribution in [-0.2, 0) is 6.54 Å². The summed E-state index contributed by atoms with van der Waals surface area (Å²) in [4.78, 5) is 29.4. The lowest BCUT2D eigenvalue weighted by atomic mass is 10.2. The van der Waals surface area contributed by atoms with E-state index in [0.717, 1.165) is 18.7 Å². The average molecular weight is 374 g/mol. The van der Waals surface area contributed by atoms with Crippen molar-refractivity contribution in [3.05, 3.63) is 78.5 Å². The molecule has 1 saturated heterocycles. The van der Waals surface area contributed by atoms with Crippen LogP contribution in [0.4, 0.5) is 11.5 Å². The van der Waals surface area contributed by atoms with Gasteiger partial charge in [0, 0.05) is 56.9 Å². The van der Waals surface area contributed by atoms with Crippen molar-refractivity contribution in [2.75, 3.05) is 36.4 Å². The fraction of sp³-hybridized carbons (Fsp3) is 0.238. The van der Waals surface area contributed by atoms with Gasteiger partial charge in [0.25, 0.3) is 5.91 Å². The van der Waals surface area contributed by atoms with E-state index in [1.165, 1.54) is 12.0 Å². The van der Waals surface area contributed by atoms with Gasteiger partial charge in [-0.1, -0.05) is 18.2 Å². The molecule has 1 fully saturated rings. The van der Waals surface area contributed by atoms with Gasteiger partial charge in [0.15, 0.2) is 0 Å². The van der Waals surface area contributed by atoms with Crippen molar-refractivity contribution in [1.29, 1.82) is 0 Å². The minimum Gasteiger partial charge on any atom is -0.368 e. The molecule has 1 aliphatic rings. The van der Waals surface area contributed by atoms with Crippen molar-refractivity contribution >= 4 is 17.4 Å². The number of amides is 1. The summed E-state index contributed by atoms with van der Waals surface area (Å²) in [6.45, 7) is 3.60. The van der Waals surface area contributed by atoms with Crippen LogP contribution in [0.2, 0.25) is 0 Å². The smallest absolute Gasteiger partial charge is 0.272 e. The number of aromatic nitrogens is 3. The highest BCUT2D eigenvalue weighted by Gasteiger charge is 2.23. The van der Waals surface area contributed by atoms with E-state index in [9.17, 15) is 4.79 Å². The molecular weight excluding hydrogens is 352 g/mol. The molecule has 1 amide bonds. The zero-order chi connectivity index (χ0) is 19.2. The zero-order valence-electron chi connectivity index (χ0n) is 15.5. The van der Waals surface area contributed by atoms with Crippen molar-refractivity contribution in [2.24, 2.45) is 0 Å². The lowest BCUT2D eigenvalue weighted by Crippen LogP contribution is -2.49. The van der Waals surface area contributed by atoms with Gasteiger partial charge in [-0.25, -0.2) is 9.97 Å². The molecule has 142 valence electrons. The van der Waals surface area contributed by atoms with Crippen LogP contribution in [0.3, 0.4) is 0 Å². The first kappa shape index (κ1) is 17.9. The van der Waals surface area contributed by atoms with E-state index in [0.29, 0.717) is 31.1 Å². The van der Waals surface area contributed by atoms with Gasteiger partial charge in [0.05, 0.1) is 0 Å². The van der Waals surface area contributed by atoms with Gasteiger partial charge in [-0.2, -0.15) is 0 Å². The molecule has 7 heteroatoms. The predicted molar refractivity (Wildman–Crippen MR) is 108 cm³/mol. The highest BCUT2D eigenvalue weighted by atomic mass is 16.2. The Bertz CT molecular complexity index is 910. The molecule has 4 rings (SSSR count). The minimum atomic E-state index is -0.0536. The van der Waals surface area contributed by atoms with Crippen LogP contribution in [0.15, 0.2) is 67.3 Å². The van der Waals surface area contributed by atoms with Crippen LogP contribution in [-0.4, -0.2) is 51.9 Å². The van der Waals surface area contributed by atoms with Crippen LogP contribution in [0.1, 0.15) is 16.1 Å². The summed E-state index contributed by atoms with van der Waals surface area (Å²) in [5, 5.41) is 3.23. The Morgan fingerprint density at radius 1 is 0.964 bits per heavy atom. The molecule has 1 N–H and O–H groups in total. The largest absolute Gasteiger partial charge is 0.368 e. The maximum Gasteiger partial charge on any atom is 0.272 e. The number of piperazine rings is 1. The Morgan fingerprint density at radius 3 is 2.46 bits per heavy atom. The molecule has 1 aliphatic heterocycles. The van der Waals surface area contributed by atoms with Gasteiger partial charge < -0.3 is 15.1 Å². The summed E-state index contributed by atoms with van der Waals surface area (Å²) in [5.41, 5.74) is 2.71. The van der Waals surface area contributed by atoms with Gasteiger partial charge in [0.1, 0.15) is 17.8 Å². The average Bonchev–Trinajstić information content (AvgIpc) is 2.79. The van der Waals surface area contributed by atoms with Crippen LogP contribution in [0, 0.1) is 0 Å². The summed E-state index contributed by atoms with van der Waals surface area (Å²) in [7, 11) is 0. The first-order chi connectivity index (χ1) is 13.8. The number of carbonyl (C=O) groups is 1.